The summed E-state index contributed by atoms with van der Waals surface area (Å²) in [6.45, 7) is 2.01. The molecule has 2 aromatic carbocycles. The third-order valence-corrected chi connectivity index (χ3v) is 3.94. The molecule has 0 aliphatic heterocycles. The summed E-state index contributed by atoms with van der Waals surface area (Å²) in [5.74, 6) is 0.00810. The molecule has 3 nitrogen and oxygen atoms in total. The van der Waals surface area contributed by atoms with Crippen molar-refractivity contribution < 1.29 is 4.79 Å². The highest BCUT2D eigenvalue weighted by Crippen LogP contribution is 2.23. The van der Waals surface area contributed by atoms with E-state index in [1.807, 2.05) is 72.1 Å². The lowest BCUT2D eigenvalue weighted by Gasteiger charge is -2.08. The number of ketones is 1. The van der Waals surface area contributed by atoms with Crippen LogP contribution in [0.3, 0.4) is 0 Å². The van der Waals surface area contributed by atoms with Gasteiger partial charge in [-0.2, -0.15) is 0 Å². The summed E-state index contributed by atoms with van der Waals surface area (Å²) in [5, 5.41) is 2.07. The standard InChI is InChI=1S/C19H14N2O/c1-13-6-8-14(9-7-13)18(22)17-12-15-4-2-3-5-16(15)19-20-10-11-21(17)19/h2-12H,1H3. The molecule has 0 saturated carbocycles. The molecule has 0 bridgehead atoms. The smallest absolute Gasteiger partial charge is 0.209 e. The molecule has 0 radical (unpaired) electrons. The predicted molar refractivity (Wildman–Crippen MR) is 87.3 cm³/mol. The van der Waals surface area contributed by atoms with E-state index in [0.29, 0.717) is 11.3 Å². The van der Waals surface area contributed by atoms with Gasteiger partial charge < -0.3 is 0 Å². The number of aromatic nitrogens is 2. The molecular weight excluding hydrogens is 272 g/mol. The number of hydrogen-bond acceptors (Lipinski definition) is 2. The zero-order chi connectivity index (χ0) is 15.1. The first-order chi connectivity index (χ1) is 10.7. The van der Waals surface area contributed by atoms with Gasteiger partial charge in [0.05, 0.1) is 5.69 Å². The van der Waals surface area contributed by atoms with Crippen molar-refractivity contribution in [1.82, 2.24) is 9.38 Å². The van der Waals surface area contributed by atoms with E-state index in [1.54, 1.807) is 6.20 Å². The maximum atomic E-state index is 12.9. The lowest BCUT2D eigenvalue weighted by Crippen LogP contribution is -2.07. The summed E-state index contributed by atoms with van der Waals surface area (Å²) in [6, 6.07) is 17.6. The fourth-order valence-corrected chi connectivity index (χ4v) is 2.77. The summed E-state index contributed by atoms with van der Waals surface area (Å²) in [5.41, 5.74) is 3.28. The number of carbonyl (C=O) groups excluding carboxylic acids is 1. The quantitative estimate of drug-likeness (QED) is 0.521. The molecule has 2 heterocycles. The van der Waals surface area contributed by atoms with Crippen molar-refractivity contribution in [3.05, 3.63) is 83.8 Å². The highest BCUT2D eigenvalue weighted by Gasteiger charge is 2.15. The largest absolute Gasteiger partial charge is 0.296 e. The van der Waals surface area contributed by atoms with Gasteiger partial charge in [0.15, 0.2) is 0 Å². The van der Waals surface area contributed by atoms with Crippen molar-refractivity contribution >= 4 is 22.2 Å². The molecule has 0 fully saturated rings. The molecule has 0 aliphatic carbocycles. The van der Waals surface area contributed by atoms with Gasteiger partial charge in [0.2, 0.25) is 5.78 Å². The molecule has 2 aromatic heterocycles. The Labute approximate surface area is 127 Å². The molecule has 0 aliphatic rings. The fraction of sp³-hybridized carbons (Fsp3) is 0.0526. The van der Waals surface area contributed by atoms with E-state index >= 15 is 0 Å². The van der Waals surface area contributed by atoms with Gasteiger partial charge >= 0.3 is 0 Å². The summed E-state index contributed by atoms with van der Waals surface area (Å²) < 4.78 is 1.87. The van der Waals surface area contributed by atoms with E-state index in [-0.39, 0.29) is 5.78 Å². The number of carbonyl (C=O) groups is 1. The van der Waals surface area contributed by atoms with E-state index in [1.165, 1.54) is 0 Å². The molecule has 4 rings (SSSR count). The number of fused-ring (bicyclic) bond motifs is 3. The maximum Gasteiger partial charge on any atom is 0.209 e. The second kappa shape index (κ2) is 4.81. The third kappa shape index (κ3) is 1.91. The fourth-order valence-electron chi connectivity index (χ4n) is 2.77. The van der Waals surface area contributed by atoms with Gasteiger partial charge in [-0.05, 0) is 18.4 Å². The molecule has 0 unspecified atom stereocenters. The van der Waals surface area contributed by atoms with Crippen LogP contribution >= 0.6 is 0 Å². The van der Waals surface area contributed by atoms with Crippen LogP contribution in [0.2, 0.25) is 0 Å². The van der Waals surface area contributed by atoms with Crippen molar-refractivity contribution in [2.24, 2.45) is 0 Å². The maximum absolute atomic E-state index is 12.9. The summed E-state index contributed by atoms with van der Waals surface area (Å²) >= 11 is 0. The lowest BCUT2D eigenvalue weighted by molar-refractivity contribution is 0.103. The third-order valence-electron chi connectivity index (χ3n) is 3.94. The van der Waals surface area contributed by atoms with Gasteiger partial charge in [0.1, 0.15) is 5.65 Å². The Morgan fingerprint density at radius 3 is 2.64 bits per heavy atom. The minimum absolute atomic E-state index is 0.00810. The Morgan fingerprint density at radius 1 is 1.05 bits per heavy atom. The van der Waals surface area contributed by atoms with Crippen LogP contribution in [0, 0.1) is 6.92 Å². The summed E-state index contributed by atoms with van der Waals surface area (Å²) in [6.07, 6.45) is 3.57. The van der Waals surface area contributed by atoms with E-state index < -0.39 is 0 Å². The molecule has 0 spiro atoms. The molecule has 3 heteroatoms. The van der Waals surface area contributed by atoms with Crippen LogP contribution in [-0.2, 0) is 0 Å². The van der Waals surface area contributed by atoms with Crippen molar-refractivity contribution in [3.63, 3.8) is 0 Å². The highest BCUT2D eigenvalue weighted by molar-refractivity contribution is 6.11. The van der Waals surface area contributed by atoms with Gasteiger partial charge in [-0.3, -0.25) is 9.20 Å². The number of rotatable bonds is 2. The van der Waals surface area contributed by atoms with Crippen LogP contribution in [0.4, 0.5) is 0 Å². The Morgan fingerprint density at radius 2 is 1.82 bits per heavy atom. The Kier molecular flexibility index (Phi) is 2.79. The minimum atomic E-state index is 0.00810. The molecule has 0 N–H and O–H groups in total. The summed E-state index contributed by atoms with van der Waals surface area (Å²) in [7, 11) is 0. The van der Waals surface area contributed by atoms with E-state index in [4.69, 9.17) is 0 Å². The van der Waals surface area contributed by atoms with Gasteiger partial charge in [-0.25, -0.2) is 4.98 Å². The van der Waals surface area contributed by atoms with Gasteiger partial charge in [-0.15, -0.1) is 0 Å². The zero-order valence-corrected chi connectivity index (χ0v) is 12.2. The molecule has 4 aromatic rings. The van der Waals surface area contributed by atoms with E-state index in [0.717, 1.165) is 22.0 Å². The van der Waals surface area contributed by atoms with Crippen LogP contribution in [0.5, 0.6) is 0 Å². The van der Waals surface area contributed by atoms with Crippen LogP contribution in [0.15, 0.2) is 67.0 Å². The zero-order valence-electron chi connectivity index (χ0n) is 12.2. The monoisotopic (exact) mass is 286 g/mol. The van der Waals surface area contributed by atoms with Gasteiger partial charge in [0.25, 0.3) is 0 Å². The summed E-state index contributed by atoms with van der Waals surface area (Å²) in [4.78, 5) is 17.3. The average molecular weight is 286 g/mol. The van der Waals surface area contributed by atoms with Crippen LogP contribution in [0.1, 0.15) is 21.6 Å². The number of hydrogen-bond donors (Lipinski definition) is 0. The van der Waals surface area contributed by atoms with Crippen LogP contribution < -0.4 is 0 Å². The van der Waals surface area contributed by atoms with Crippen molar-refractivity contribution in [2.45, 2.75) is 6.92 Å². The Balaban J connectivity index is 1.98. The topological polar surface area (TPSA) is 34.4 Å². The Hall–Kier alpha value is -2.94. The molecule has 0 saturated heterocycles. The molecule has 0 amide bonds. The average Bonchev–Trinajstić information content (AvgIpc) is 3.04. The number of pyridine rings is 1. The first-order valence-corrected chi connectivity index (χ1v) is 7.20. The SMILES string of the molecule is Cc1ccc(C(=O)c2cc3ccccc3c3nccn23)cc1. The molecular formula is C19H14N2O. The molecule has 0 atom stereocenters. The lowest BCUT2D eigenvalue weighted by atomic mass is 10.0. The second-order valence-electron chi connectivity index (χ2n) is 5.43. The minimum Gasteiger partial charge on any atom is -0.296 e. The first kappa shape index (κ1) is 12.8. The number of imidazole rings is 1. The normalized spacial score (nSPS) is 11.1. The van der Waals surface area contributed by atoms with Crippen molar-refractivity contribution in [3.8, 4) is 0 Å². The molecule has 106 valence electrons. The number of benzene rings is 2. The first-order valence-electron chi connectivity index (χ1n) is 7.20. The van der Waals surface area contributed by atoms with E-state index in [9.17, 15) is 4.79 Å². The Bertz CT molecular complexity index is 997. The number of nitrogens with zero attached hydrogens (tertiary/aromatic N) is 2. The van der Waals surface area contributed by atoms with E-state index in [2.05, 4.69) is 4.98 Å². The second-order valence-corrected chi connectivity index (χ2v) is 5.43. The van der Waals surface area contributed by atoms with Crippen LogP contribution in [0.25, 0.3) is 16.4 Å². The predicted octanol–water partition coefficient (Wildman–Crippen LogP) is 4.03. The number of aryl methyl sites for hydroxylation is 1. The van der Waals surface area contributed by atoms with Gasteiger partial charge in [-0.1, -0.05) is 54.1 Å². The van der Waals surface area contributed by atoms with Gasteiger partial charge in [0, 0.05) is 23.3 Å². The highest BCUT2D eigenvalue weighted by atomic mass is 16.1. The van der Waals surface area contributed by atoms with Crippen LogP contribution in [-0.4, -0.2) is 15.2 Å². The van der Waals surface area contributed by atoms with Crippen molar-refractivity contribution in [2.75, 3.05) is 0 Å². The van der Waals surface area contributed by atoms with Crippen molar-refractivity contribution in [1.29, 1.82) is 0 Å². The molecule has 22 heavy (non-hydrogen) atoms.